The van der Waals surface area contributed by atoms with E-state index in [4.69, 9.17) is 4.74 Å². The second kappa shape index (κ2) is 7.54. The third kappa shape index (κ3) is 3.74. The van der Waals surface area contributed by atoms with E-state index in [1.807, 2.05) is 17.9 Å². The Labute approximate surface area is 142 Å². The second-order valence-corrected chi connectivity index (χ2v) is 6.53. The van der Waals surface area contributed by atoms with Crippen LogP contribution in [0.5, 0.6) is 0 Å². The molecule has 1 atom stereocenters. The van der Waals surface area contributed by atoms with E-state index < -0.39 is 0 Å². The van der Waals surface area contributed by atoms with Gasteiger partial charge in [0.15, 0.2) is 0 Å². The monoisotopic (exact) mass is 415 g/mol. The van der Waals surface area contributed by atoms with Crippen LogP contribution < -0.4 is 5.32 Å². The van der Waals surface area contributed by atoms with Gasteiger partial charge in [-0.05, 0) is 47.1 Å². The van der Waals surface area contributed by atoms with E-state index in [9.17, 15) is 0 Å². The second-order valence-electron chi connectivity index (χ2n) is 4.82. The minimum Gasteiger partial charge on any atom is -0.383 e. The van der Waals surface area contributed by atoms with E-state index in [-0.39, 0.29) is 6.04 Å². The van der Waals surface area contributed by atoms with Gasteiger partial charge in [0.2, 0.25) is 0 Å². The summed E-state index contributed by atoms with van der Waals surface area (Å²) in [7, 11) is 3.66. The van der Waals surface area contributed by atoms with Gasteiger partial charge in [-0.2, -0.15) is 5.10 Å². The molecule has 1 heterocycles. The normalized spacial score (nSPS) is 12.6. The molecule has 0 aliphatic carbocycles. The van der Waals surface area contributed by atoms with Crippen LogP contribution in [-0.2, 0) is 11.3 Å². The lowest BCUT2D eigenvalue weighted by Crippen LogP contribution is -2.23. The molecular formula is C15H19Br2N3O. The van der Waals surface area contributed by atoms with Crippen molar-refractivity contribution < 1.29 is 4.74 Å². The van der Waals surface area contributed by atoms with Crippen molar-refractivity contribution in [3.8, 4) is 0 Å². The van der Waals surface area contributed by atoms with Crippen molar-refractivity contribution in [2.75, 3.05) is 20.8 Å². The van der Waals surface area contributed by atoms with Crippen LogP contribution in [-0.4, -0.2) is 30.5 Å². The predicted octanol–water partition coefficient (Wildman–Crippen LogP) is 3.67. The summed E-state index contributed by atoms with van der Waals surface area (Å²) in [5.41, 5.74) is 3.51. The smallest absolute Gasteiger partial charge is 0.0757 e. The summed E-state index contributed by atoms with van der Waals surface area (Å²) in [6, 6.07) is 6.47. The number of benzene rings is 1. The van der Waals surface area contributed by atoms with Gasteiger partial charge >= 0.3 is 0 Å². The van der Waals surface area contributed by atoms with E-state index >= 15 is 0 Å². The molecule has 1 aromatic carbocycles. The SMILES string of the molecule is CNC(c1ccc(C)c(Br)c1)c1c(Br)cnn1CCOC. The van der Waals surface area contributed by atoms with Crippen molar-refractivity contribution >= 4 is 31.9 Å². The highest BCUT2D eigenvalue weighted by Gasteiger charge is 2.21. The van der Waals surface area contributed by atoms with Crippen LogP contribution in [0.4, 0.5) is 0 Å². The zero-order valence-corrected chi connectivity index (χ0v) is 15.5. The quantitative estimate of drug-likeness (QED) is 0.780. The topological polar surface area (TPSA) is 39.1 Å². The van der Waals surface area contributed by atoms with Crippen LogP contribution in [0, 0.1) is 6.92 Å². The summed E-state index contributed by atoms with van der Waals surface area (Å²) < 4.78 is 9.24. The Balaban J connectivity index is 2.40. The summed E-state index contributed by atoms with van der Waals surface area (Å²) in [6.45, 7) is 3.44. The van der Waals surface area contributed by atoms with E-state index in [2.05, 4.69) is 67.4 Å². The van der Waals surface area contributed by atoms with Crippen LogP contribution in [0.3, 0.4) is 0 Å². The number of ether oxygens (including phenoxy) is 1. The highest BCUT2D eigenvalue weighted by atomic mass is 79.9. The van der Waals surface area contributed by atoms with Gasteiger partial charge in [-0.3, -0.25) is 4.68 Å². The van der Waals surface area contributed by atoms with Crippen molar-refractivity contribution in [2.45, 2.75) is 19.5 Å². The number of halogens is 2. The molecule has 0 spiro atoms. The van der Waals surface area contributed by atoms with Crippen molar-refractivity contribution in [2.24, 2.45) is 0 Å². The maximum atomic E-state index is 5.16. The minimum absolute atomic E-state index is 0.0654. The summed E-state index contributed by atoms with van der Waals surface area (Å²) in [6.07, 6.45) is 1.83. The molecule has 0 saturated heterocycles. The summed E-state index contributed by atoms with van der Waals surface area (Å²) in [5, 5.41) is 7.80. The molecule has 1 unspecified atom stereocenters. The Morgan fingerprint density at radius 2 is 2.10 bits per heavy atom. The Morgan fingerprint density at radius 1 is 1.33 bits per heavy atom. The fraction of sp³-hybridized carbons (Fsp3) is 0.400. The van der Waals surface area contributed by atoms with Gasteiger partial charge in [-0.25, -0.2) is 0 Å². The first-order valence-corrected chi connectivity index (χ1v) is 8.30. The van der Waals surface area contributed by atoms with E-state index in [1.165, 1.54) is 11.1 Å². The largest absolute Gasteiger partial charge is 0.383 e. The molecule has 2 aromatic rings. The Hall–Kier alpha value is -0.690. The average Bonchev–Trinajstić information content (AvgIpc) is 2.83. The number of nitrogens with zero attached hydrogens (tertiary/aromatic N) is 2. The molecule has 4 nitrogen and oxygen atoms in total. The first-order chi connectivity index (χ1) is 10.1. The zero-order chi connectivity index (χ0) is 15.4. The van der Waals surface area contributed by atoms with Crippen LogP contribution in [0.25, 0.3) is 0 Å². The molecule has 0 bridgehead atoms. The first kappa shape index (κ1) is 16.7. The lowest BCUT2D eigenvalue weighted by molar-refractivity contribution is 0.182. The van der Waals surface area contributed by atoms with Crippen molar-refractivity contribution in [3.63, 3.8) is 0 Å². The van der Waals surface area contributed by atoms with Gasteiger partial charge in [-0.1, -0.05) is 28.1 Å². The van der Waals surface area contributed by atoms with Crippen molar-refractivity contribution in [3.05, 3.63) is 50.2 Å². The van der Waals surface area contributed by atoms with Gasteiger partial charge in [0.05, 0.1) is 35.6 Å². The molecule has 0 aliphatic rings. The predicted molar refractivity (Wildman–Crippen MR) is 91.6 cm³/mol. The number of hydrogen-bond donors (Lipinski definition) is 1. The number of rotatable bonds is 6. The fourth-order valence-corrected chi connectivity index (χ4v) is 3.19. The van der Waals surface area contributed by atoms with Crippen LogP contribution in [0.15, 0.2) is 33.3 Å². The van der Waals surface area contributed by atoms with Crippen LogP contribution in [0.1, 0.15) is 22.9 Å². The van der Waals surface area contributed by atoms with Gasteiger partial charge < -0.3 is 10.1 Å². The Bertz CT molecular complexity index is 613. The summed E-state index contributed by atoms with van der Waals surface area (Å²) in [5.74, 6) is 0. The molecule has 1 N–H and O–H groups in total. The van der Waals surface area contributed by atoms with Crippen molar-refractivity contribution in [1.82, 2.24) is 15.1 Å². The van der Waals surface area contributed by atoms with E-state index in [1.54, 1.807) is 7.11 Å². The van der Waals surface area contributed by atoms with Gasteiger partial charge in [0.1, 0.15) is 0 Å². The highest BCUT2D eigenvalue weighted by Crippen LogP contribution is 2.30. The summed E-state index contributed by atoms with van der Waals surface area (Å²) >= 11 is 7.21. The number of aromatic nitrogens is 2. The van der Waals surface area contributed by atoms with E-state index in [0.717, 1.165) is 21.2 Å². The molecule has 0 aliphatic heterocycles. The lowest BCUT2D eigenvalue weighted by Gasteiger charge is -2.20. The van der Waals surface area contributed by atoms with Gasteiger partial charge in [-0.15, -0.1) is 0 Å². The maximum Gasteiger partial charge on any atom is 0.0757 e. The number of aryl methyl sites for hydroxylation is 1. The van der Waals surface area contributed by atoms with Gasteiger partial charge in [0, 0.05) is 11.6 Å². The number of hydrogen-bond acceptors (Lipinski definition) is 3. The molecular weight excluding hydrogens is 398 g/mol. The van der Waals surface area contributed by atoms with Crippen LogP contribution >= 0.6 is 31.9 Å². The maximum absolute atomic E-state index is 5.16. The average molecular weight is 417 g/mol. The van der Waals surface area contributed by atoms with E-state index in [0.29, 0.717) is 6.61 Å². The fourth-order valence-electron chi connectivity index (χ4n) is 2.26. The van der Waals surface area contributed by atoms with Crippen LogP contribution in [0.2, 0.25) is 0 Å². The molecule has 0 amide bonds. The number of methoxy groups -OCH3 is 1. The minimum atomic E-state index is 0.0654. The van der Waals surface area contributed by atoms with Crippen molar-refractivity contribution in [1.29, 1.82) is 0 Å². The highest BCUT2D eigenvalue weighted by molar-refractivity contribution is 9.10. The standard InChI is InChI=1S/C15H19Br2N3O/c1-10-4-5-11(8-12(10)16)14(18-2)15-13(17)9-19-20(15)6-7-21-3/h4-5,8-9,14,18H,6-7H2,1-3H3. The molecule has 114 valence electrons. The van der Waals surface area contributed by atoms with Gasteiger partial charge in [0.25, 0.3) is 0 Å². The molecule has 6 heteroatoms. The molecule has 1 aromatic heterocycles. The number of nitrogens with one attached hydrogen (secondary N) is 1. The molecule has 0 fully saturated rings. The molecule has 0 radical (unpaired) electrons. The molecule has 2 rings (SSSR count). The third-order valence-electron chi connectivity index (χ3n) is 3.43. The lowest BCUT2D eigenvalue weighted by atomic mass is 10.0. The summed E-state index contributed by atoms with van der Waals surface area (Å²) in [4.78, 5) is 0. The molecule has 0 saturated carbocycles. The first-order valence-electron chi connectivity index (χ1n) is 6.72. The third-order valence-corrected chi connectivity index (χ3v) is 4.90. The Morgan fingerprint density at radius 3 is 2.71 bits per heavy atom. The molecule has 21 heavy (non-hydrogen) atoms. The Kier molecular flexibility index (Phi) is 5.98. The zero-order valence-electron chi connectivity index (χ0n) is 12.4.